The van der Waals surface area contributed by atoms with Gasteiger partial charge in [0.25, 0.3) is 0 Å². The summed E-state index contributed by atoms with van der Waals surface area (Å²) in [7, 11) is 1.76. The molecule has 0 atom stereocenters. The second-order valence-electron chi connectivity index (χ2n) is 3.37. The Kier molecular flexibility index (Phi) is 8.59. The molecule has 2 nitrogen and oxygen atoms in total. The third-order valence-corrected chi connectivity index (χ3v) is 4.75. The first-order valence-electron chi connectivity index (χ1n) is 5.33. The van der Waals surface area contributed by atoms with Crippen LogP contribution in [-0.4, -0.2) is 31.8 Å². The predicted molar refractivity (Wildman–Crippen MR) is 77.5 cm³/mol. The van der Waals surface area contributed by atoms with E-state index in [0.29, 0.717) is 0 Å². The van der Waals surface area contributed by atoms with E-state index < -0.39 is 0 Å². The van der Waals surface area contributed by atoms with E-state index in [9.17, 15) is 0 Å². The molecule has 0 amide bonds. The zero-order chi connectivity index (χ0) is 11.6. The van der Waals surface area contributed by atoms with Crippen LogP contribution < -0.4 is 5.32 Å². The first-order chi connectivity index (χ1) is 7.83. The average Bonchev–Trinajstić information content (AvgIpc) is 2.68. The SMILES string of the molecule is COCCCSCCNCc1cc(Br)cs1. The van der Waals surface area contributed by atoms with E-state index in [-0.39, 0.29) is 0 Å². The van der Waals surface area contributed by atoms with Gasteiger partial charge in [-0.25, -0.2) is 0 Å². The Morgan fingerprint density at radius 1 is 1.50 bits per heavy atom. The molecule has 0 aromatic carbocycles. The van der Waals surface area contributed by atoms with Crippen molar-refractivity contribution in [1.82, 2.24) is 5.32 Å². The molecule has 0 fully saturated rings. The van der Waals surface area contributed by atoms with Gasteiger partial charge in [0.15, 0.2) is 0 Å². The van der Waals surface area contributed by atoms with Crippen molar-refractivity contribution >= 4 is 39.0 Å². The van der Waals surface area contributed by atoms with Gasteiger partial charge in [-0.1, -0.05) is 0 Å². The van der Waals surface area contributed by atoms with Gasteiger partial charge >= 0.3 is 0 Å². The number of thioether (sulfide) groups is 1. The van der Waals surface area contributed by atoms with Crippen LogP contribution in [0.15, 0.2) is 15.9 Å². The van der Waals surface area contributed by atoms with E-state index >= 15 is 0 Å². The minimum atomic E-state index is 0.879. The Balaban J connectivity index is 1.88. The van der Waals surface area contributed by atoms with E-state index in [2.05, 4.69) is 32.7 Å². The normalized spacial score (nSPS) is 10.9. The molecule has 0 saturated carbocycles. The highest BCUT2D eigenvalue weighted by Crippen LogP contribution is 2.19. The molecule has 5 heteroatoms. The summed E-state index contributed by atoms with van der Waals surface area (Å²) < 4.78 is 6.18. The molecule has 0 spiro atoms. The molecule has 0 aliphatic heterocycles. The van der Waals surface area contributed by atoms with Gasteiger partial charge in [0.2, 0.25) is 0 Å². The lowest BCUT2D eigenvalue weighted by Gasteiger charge is -2.03. The fraction of sp³-hybridized carbons (Fsp3) is 0.636. The van der Waals surface area contributed by atoms with Gasteiger partial charge in [-0.3, -0.25) is 0 Å². The highest BCUT2D eigenvalue weighted by atomic mass is 79.9. The Labute approximate surface area is 114 Å². The van der Waals surface area contributed by atoms with Gasteiger partial charge in [-0.2, -0.15) is 11.8 Å². The maximum atomic E-state index is 5.00. The Morgan fingerprint density at radius 2 is 2.38 bits per heavy atom. The second kappa shape index (κ2) is 9.48. The number of hydrogen-bond acceptors (Lipinski definition) is 4. The van der Waals surface area contributed by atoms with Crippen molar-refractivity contribution in [3.05, 3.63) is 20.8 Å². The lowest BCUT2D eigenvalue weighted by Crippen LogP contribution is -2.16. The van der Waals surface area contributed by atoms with Crippen LogP contribution in [0.1, 0.15) is 11.3 Å². The summed E-state index contributed by atoms with van der Waals surface area (Å²) in [6.45, 7) is 2.94. The Morgan fingerprint density at radius 3 is 3.06 bits per heavy atom. The van der Waals surface area contributed by atoms with Crippen LogP contribution in [0.25, 0.3) is 0 Å². The standard InChI is InChI=1S/C11H18BrNOS2/c1-14-4-2-5-15-6-3-13-8-11-7-10(12)9-16-11/h7,9,13H,2-6,8H2,1H3. The number of halogens is 1. The lowest BCUT2D eigenvalue weighted by molar-refractivity contribution is 0.200. The summed E-state index contributed by atoms with van der Waals surface area (Å²) in [4.78, 5) is 1.39. The monoisotopic (exact) mass is 323 g/mol. The second-order valence-corrected chi connectivity index (χ2v) is 6.50. The van der Waals surface area contributed by atoms with Crippen LogP contribution in [0.5, 0.6) is 0 Å². The molecule has 0 unspecified atom stereocenters. The van der Waals surface area contributed by atoms with E-state index in [0.717, 1.165) is 26.1 Å². The van der Waals surface area contributed by atoms with Crippen molar-refractivity contribution in [1.29, 1.82) is 0 Å². The number of thiophene rings is 1. The van der Waals surface area contributed by atoms with Gasteiger partial charge < -0.3 is 10.1 Å². The lowest BCUT2D eigenvalue weighted by atomic mass is 10.4. The van der Waals surface area contributed by atoms with Gasteiger partial charge in [0.05, 0.1) is 0 Å². The van der Waals surface area contributed by atoms with Crippen LogP contribution in [-0.2, 0) is 11.3 Å². The molecular weight excluding hydrogens is 306 g/mol. The maximum Gasteiger partial charge on any atom is 0.0470 e. The van der Waals surface area contributed by atoms with Crippen LogP contribution in [0.3, 0.4) is 0 Å². The molecule has 0 bridgehead atoms. The average molecular weight is 324 g/mol. The van der Waals surface area contributed by atoms with Crippen LogP contribution in [0, 0.1) is 0 Å². The molecule has 1 aromatic rings. The predicted octanol–water partition coefficient (Wildman–Crippen LogP) is 3.37. The van der Waals surface area contributed by atoms with Crippen molar-refractivity contribution < 1.29 is 4.74 Å². The van der Waals surface area contributed by atoms with Crippen molar-refractivity contribution in [3.8, 4) is 0 Å². The number of nitrogens with one attached hydrogen (secondary N) is 1. The molecule has 1 rings (SSSR count). The van der Waals surface area contributed by atoms with Crippen molar-refractivity contribution in [2.75, 3.05) is 31.8 Å². The van der Waals surface area contributed by atoms with E-state index in [4.69, 9.17) is 4.74 Å². The molecule has 1 heterocycles. The first kappa shape index (κ1) is 14.5. The molecule has 1 aromatic heterocycles. The van der Waals surface area contributed by atoms with Crippen molar-refractivity contribution in [3.63, 3.8) is 0 Å². The van der Waals surface area contributed by atoms with E-state index in [1.165, 1.54) is 20.9 Å². The minimum Gasteiger partial charge on any atom is -0.385 e. The maximum absolute atomic E-state index is 5.00. The zero-order valence-electron chi connectivity index (χ0n) is 9.50. The van der Waals surface area contributed by atoms with Crippen molar-refractivity contribution in [2.45, 2.75) is 13.0 Å². The first-order valence-corrected chi connectivity index (χ1v) is 8.16. The van der Waals surface area contributed by atoms with Crippen LogP contribution >= 0.6 is 39.0 Å². The third-order valence-electron chi connectivity index (χ3n) is 1.98. The highest BCUT2D eigenvalue weighted by Gasteiger charge is 1.96. The molecule has 92 valence electrons. The quantitative estimate of drug-likeness (QED) is 0.704. The van der Waals surface area contributed by atoms with Crippen LogP contribution in [0.4, 0.5) is 0 Å². The van der Waals surface area contributed by atoms with Gasteiger partial charge in [-0.05, 0) is 34.2 Å². The van der Waals surface area contributed by atoms with Crippen molar-refractivity contribution in [2.24, 2.45) is 0 Å². The number of hydrogen-bond donors (Lipinski definition) is 1. The third kappa shape index (κ3) is 6.91. The summed E-state index contributed by atoms with van der Waals surface area (Å²) in [6.07, 6.45) is 1.15. The highest BCUT2D eigenvalue weighted by molar-refractivity contribution is 9.10. The summed E-state index contributed by atoms with van der Waals surface area (Å²) in [5.41, 5.74) is 0. The van der Waals surface area contributed by atoms with Gasteiger partial charge in [-0.15, -0.1) is 11.3 Å². The Bertz CT molecular complexity index is 281. The molecule has 0 saturated heterocycles. The number of rotatable bonds is 9. The fourth-order valence-electron chi connectivity index (χ4n) is 1.21. The summed E-state index contributed by atoms with van der Waals surface area (Å²) in [5, 5.41) is 5.56. The minimum absolute atomic E-state index is 0.879. The van der Waals surface area contributed by atoms with Gasteiger partial charge in [0, 0.05) is 47.3 Å². The topological polar surface area (TPSA) is 21.3 Å². The number of ether oxygens (including phenoxy) is 1. The largest absolute Gasteiger partial charge is 0.385 e. The molecule has 0 aliphatic rings. The summed E-state index contributed by atoms with van der Waals surface area (Å²) in [5.74, 6) is 2.37. The van der Waals surface area contributed by atoms with E-state index in [1.807, 2.05) is 11.8 Å². The van der Waals surface area contributed by atoms with Gasteiger partial charge in [0.1, 0.15) is 0 Å². The number of methoxy groups -OCH3 is 1. The smallest absolute Gasteiger partial charge is 0.0470 e. The summed E-state index contributed by atoms with van der Waals surface area (Å²) >= 11 is 7.23. The van der Waals surface area contributed by atoms with Crippen LogP contribution in [0.2, 0.25) is 0 Å². The molecule has 1 N–H and O–H groups in total. The molecule has 16 heavy (non-hydrogen) atoms. The molecule has 0 radical (unpaired) electrons. The zero-order valence-corrected chi connectivity index (χ0v) is 12.7. The fourth-order valence-corrected chi connectivity index (χ4v) is 3.45. The summed E-state index contributed by atoms with van der Waals surface area (Å²) in [6, 6.07) is 2.17. The molecule has 0 aliphatic carbocycles. The molecular formula is C11H18BrNOS2. The Hall–Kier alpha value is 0.450. The van der Waals surface area contributed by atoms with E-state index in [1.54, 1.807) is 18.4 Å².